The molecule has 1 aliphatic heterocycles. The number of anilines is 1. The van der Waals surface area contributed by atoms with E-state index in [-0.39, 0.29) is 12.5 Å². The summed E-state index contributed by atoms with van der Waals surface area (Å²) in [7, 11) is 0. The molecule has 0 N–H and O–H groups in total. The van der Waals surface area contributed by atoms with Crippen LogP contribution in [0, 0.1) is 11.3 Å². The summed E-state index contributed by atoms with van der Waals surface area (Å²) in [6.07, 6.45) is 1.01. The number of benzene rings is 2. The number of ether oxygens (including phenoxy) is 1. The van der Waals surface area contributed by atoms with Crippen molar-refractivity contribution in [3.63, 3.8) is 0 Å². The van der Waals surface area contributed by atoms with Gasteiger partial charge in [0.05, 0.1) is 11.3 Å². The van der Waals surface area contributed by atoms with Crippen LogP contribution in [0.25, 0.3) is 11.3 Å². The zero-order valence-corrected chi connectivity index (χ0v) is 18.1. The van der Waals surface area contributed by atoms with E-state index in [1.165, 1.54) is 5.56 Å². The van der Waals surface area contributed by atoms with Crippen molar-refractivity contribution < 1.29 is 9.53 Å². The van der Waals surface area contributed by atoms with Gasteiger partial charge in [-0.2, -0.15) is 5.26 Å². The van der Waals surface area contributed by atoms with Gasteiger partial charge in [-0.15, -0.1) is 10.2 Å². The Hall–Kier alpha value is -3.92. The van der Waals surface area contributed by atoms with Crippen LogP contribution in [0.5, 0.6) is 5.75 Å². The highest BCUT2D eigenvalue weighted by Gasteiger charge is 2.22. The molecule has 32 heavy (non-hydrogen) atoms. The minimum atomic E-state index is -0.0886. The number of aromatic nitrogens is 2. The van der Waals surface area contributed by atoms with E-state index in [0.717, 1.165) is 23.5 Å². The Morgan fingerprint density at radius 1 is 1.00 bits per heavy atom. The van der Waals surface area contributed by atoms with Crippen molar-refractivity contribution in [2.24, 2.45) is 0 Å². The Kier molecular flexibility index (Phi) is 6.61. The van der Waals surface area contributed by atoms with E-state index in [9.17, 15) is 4.79 Å². The molecule has 0 aliphatic carbocycles. The zero-order valence-electron chi connectivity index (χ0n) is 18.1. The standard InChI is InChI=1S/C25H25N5O2/c1-2-19-7-9-20(10-8-19)22-11-12-24(28-27-22)29-13-15-30(16-14-29)25(31)18-32-23-6-4-3-5-21(23)17-26/h3-12H,2,13-16,18H2,1H3. The van der Waals surface area contributed by atoms with Crippen molar-refractivity contribution in [1.29, 1.82) is 5.26 Å². The molecule has 7 heteroatoms. The minimum absolute atomic E-state index is 0.0793. The van der Waals surface area contributed by atoms with Crippen molar-refractivity contribution in [3.8, 4) is 23.1 Å². The number of carbonyl (C=O) groups is 1. The first-order chi connectivity index (χ1) is 15.7. The van der Waals surface area contributed by atoms with Crippen LogP contribution < -0.4 is 9.64 Å². The number of nitriles is 1. The van der Waals surface area contributed by atoms with Crippen LogP contribution in [0.1, 0.15) is 18.1 Å². The van der Waals surface area contributed by atoms with Crippen molar-refractivity contribution in [3.05, 3.63) is 71.8 Å². The maximum Gasteiger partial charge on any atom is 0.260 e. The topological polar surface area (TPSA) is 82.4 Å². The summed E-state index contributed by atoms with van der Waals surface area (Å²) in [5.74, 6) is 1.15. The molecular formula is C25H25N5O2. The Balaban J connectivity index is 1.30. The van der Waals surface area contributed by atoms with Gasteiger partial charge in [0, 0.05) is 31.7 Å². The van der Waals surface area contributed by atoms with E-state index in [1.807, 2.05) is 12.1 Å². The fraction of sp³-hybridized carbons (Fsp3) is 0.280. The lowest BCUT2D eigenvalue weighted by Crippen LogP contribution is -2.50. The van der Waals surface area contributed by atoms with Crippen LogP contribution in [-0.4, -0.2) is 53.8 Å². The third kappa shape index (κ3) is 4.86. The van der Waals surface area contributed by atoms with E-state index in [4.69, 9.17) is 10.00 Å². The molecule has 4 rings (SSSR count). The Morgan fingerprint density at radius 3 is 2.41 bits per heavy atom. The number of hydrogen-bond donors (Lipinski definition) is 0. The van der Waals surface area contributed by atoms with Gasteiger partial charge >= 0.3 is 0 Å². The Morgan fingerprint density at radius 2 is 1.75 bits per heavy atom. The highest BCUT2D eigenvalue weighted by molar-refractivity contribution is 5.78. The van der Waals surface area contributed by atoms with E-state index in [0.29, 0.717) is 37.5 Å². The van der Waals surface area contributed by atoms with Gasteiger partial charge in [-0.1, -0.05) is 43.3 Å². The molecule has 1 amide bonds. The van der Waals surface area contributed by atoms with Crippen LogP contribution in [-0.2, 0) is 11.2 Å². The number of piperazine rings is 1. The summed E-state index contributed by atoms with van der Waals surface area (Å²) in [4.78, 5) is 16.4. The molecular weight excluding hydrogens is 402 g/mol. The number of hydrogen-bond acceptors (Lipinski definition) is 6. The molecule has 0 radical (unpaired) electrons. The fourth-order valence-electron chi connectivity index (χ4n) is 3.66. The predicted octanol–water partition coefficient (Wildman–Crippen LogP) is 3.31. The van der Waals surface area contributed by atoms with E-state index < -0.39 is 0 Å². The van der Waals surface area contributed by atoms with Gasteiger partial charge in [0.15, 0.2) is 12.4 Å². The number of nitrogens with zero attached hydrogens (tertiary/aromatic N) is 5. The monoisotopic (exact) mass is 427 g/mol. The van der Waals surface area contributed by atoms with Crippen molar-refractivity contribution in [1.82, 2.24) is 15.1 Å². The molecule has 0 atom stereocenters. The first-order valence-corrected chi connectivity index (χ1v) is 10.8. The van der Waals surface area contributed by atoms with Crippen molar-refractivity contribution >= 4 is 11.7 Å². The molecule has 1 aliphatic rings. The maximum atomic E-state index is 12.5. The van der Waals surface area contributed by atoms with E-state index >= 15 is 0 Å². The molecule has 0 spiro atoms. The normalized spacial score (nSPS) is 13.5. The lowest BCUT2D eigenvalue weighted by molar-refractivity contribution is -0.133. The molecule has 0 saturated carbocycles. The van der Waals surface area contributed by atoms with Crippen molar-refractivity contribution in [2.75, 3.05) is 37.7 Å². The fourth-order valence-corrected chi connectivity index (χ4v) is 3.66. The lowest BCUT2D eigenvalue weighted by atomic mass is 10.1. The molecule has 162 valence electrons. The SMILES string of the molecule is CCc1ccc(-c2ccc(N3CCN(C(=O)COc4ccccc4C#N)CC3)nn2)cc1. The summed E-state index contributed by atoms with van der Waals surface area (Å²) >= 11 is 0. The maximum absolute atomic E-state index is 12.5. The van der Waals surface area contributed by atoms with Gasteiger partial charge in [-0.25, -0.2) is 0 Å². The summed E-state index contributed by atoms with van der Waals surface area (Å²) in [5, 5.41) is 17.9. The number of rotatable bonds is 6. The molecule has 7 nitrogen and oxygen atoms in total. The van der Waals surface area contributed by atoms with Gasteiger partial charge in [-0.3, -0.25) is 4.79 Å². The van der Waals surface area contributed by atoms with Crippen LogP contribution in [0.15, 0.2) is 60.7 Å². The average Bonchev–Trinajstić information content (AvgIpc) is 2.87. The molecule has 2 aromatic carbocycles. The summed E-state index contributed by atoms with van der Waals surface area (Å²) in [6, 6.07) is 21.3. The number of amides is 1. The van der Waals surface area contributed by atoms with Crippen LogP contribution in [0.4, 0.5) is 5.82 Å². The zero-order chi connectivity index (χ0) is 22.3. The number of para-hydroxylation sites is 1. The molecule has 0 bridgehead atoms. The highest BCUT2D eigenvalue weighted by atomic mass is 16.5. The summed E-state index contributed by atoms with van der Waals surface area (Å²) in [6.45, 7) is 4.59. The molecule has 2 heterocycles. The Bertz CT molecular complexity index is 1100. The van der Waals surface area contributed by atoms with Crippen molar-refractivity contribution in [2.45, 2.75) is 13.3 Å². The quantitative estimate of drug-likeness (QED) is 0.600. The van der Waals surface area contributed by atoms with Gasteiger partial charge in [0.2, 0.25) is 0 Å². The summed E-state index contributed by atoms with van der Waals surface area (Å²) < 4.78 is 5.57. The lowest BCUT2D eigenvalue weighted by Gasteiger charge is -2.35. The molecule has 0 unspecified atom stereocenters. The second kappa shape index (κ2) is 9.92. The average molecular weight is 428 g/mol. The van der Waals surface area contributed by atoms with E-state index in [2.05, 4.69) is 52.4 Å². The predicted molar refractivity (Wildman–Crippen MR) is 122 cm³/mol. The molecule has 1 saturated heterocycles. The third-order valence-electron chi connectivity index (χ3n) is 5.62. The minimum Gasteiger partial charge on any atom is -0.482 e. The highest BCUT2D eigenvalue weighted by Crippen LogP contribution is 2.21. The number of carbonyl (C=O) groups excluding carboxylic acids is 1. The number of aryl methyl sites for hydroxylation is 1. The van der Waals surface area contributed by atoms with Gasteiger partial charge in [0.1, 0.15) is 11.8 Å². The molecule has 1 fully saturated rings. The second-order valence-electron chi connectivity index (χ2n) is 7.59. The first-order valence-electron chi connectivity index (χ1n) is 10.8. The van der Waals surface area contributed by atoms with Crippen LogP contribution in [0.2, 0.25) is 0 Å². The van der Waals surface area contributed by atoms with Gasteiger partial charge in [0.25, 0.3) is 5.91 Å². The summed E-state index contributed by atoms with van der Waals surface area (Å²) in [5.41, 5.74) is 3.62. The smallest absolute Gasteiger partial charge is 0.260 e. The molecule has 3 aromatic rings. The first kappa shape index (κ1) is 21.3. The van der Waals surface area contributed by atoms with Crippen LogP contribution in [0.3, 0.4) is 0 Å². The largest absolute Gasteiger partial charge is 0.482 e. The van der Waals surface area contributed by atoms with Crippen LogP contribution >= 0.6 is 0 Å². The van der Waals surface area contributed by atoms with Gasteiger partial charge in [-0.05, 0) is 36.2 Å². The Labute approximate surface area is 187 Å². The molecule has 1 aromatic heterocycles. The van der Waals surface area contributed by atoms with E-state index in [1.54, 1.807) is 29.2 Å². The van der Waals surface area contributed by atoms with Gasteiger partial charge < -0.3 is 14.5 Å². The second-order valence-corrected chi connectivity index (χ2v) is 7.59. The third-order valence-corrected chi connectivity index (χ3v) is 5.62.